The van der Waals surface area contributed by atoms with Crippen LogP contribution in [0.2, 0.25) is 0 Å². The van der Waals surface area contributed by atoms with Crippen LogP contribution in [-0.4, -0.2) is 24.1 Å². The van der Waals surface area contributed by atoms with E-state index < -0.39 is 0 Å². The fourth-order valence-corrected chi connectivity index (χ4v) is 2.07. The maximum atomic E-state index is 12.2. The molecule has 0 aliphatic rings. The fraction of sp³-hybridized carbons (Fsp3) is 0.176. The highest BCUT2D eigenvalue weighted by atomic mass is 32.1. The summed E-state index contributed by atoms with van der Waals surface area (Å²) in [5, 5.41) is 5.60. The molecule has 22 heavy (non-hydrogen) atoms. The lowest BCUT2D eigenvalue weighted by molar-refractivity contribution is 0.0954. The van der Waals surface area contributed by atoms with Gasteiger partial charge < -0.3 is 10.6 Å². The zero-order chi connectivity index (χ0) is 15.9. The van der Waals surface area contributed by atoms with Crippen molar-refractivity contribution in [2.75, 3.05) is 17.6 Å². The van der Waals surface area contributed by atoms with Gasteiger partial charge in [0.2, 0.25) is 0 Å². The zero-order valence-electron chi connectivity index (χ0n) is 12.3. The van der Waals surface area contributed by atoms with Crippen LogP contribution >= 0.6 is 12.6 Å². The van der Waals surface area contributed by atoms with Crippen LogP contribution in [0.5, 0.6) is 0 Å². The molecule has 0 aromatic heterocycles. The van der Waals surface area contributed by atoms with Crippen LogP contribution in [0.4, 0.5) is 5.69 Å². The van der Waals surface area contributed by atoms with Crippen molar-refractivity contribution in [3.63, 3.8) is 0 Å². The molecule has 0 aliphatic heterocycles. The van der Waals surface area contributed by atoms with E-state index in [4.69, 9.17) is 0 Å². The Morgan fingerprint density at radius 2 is 1.73 bits per heavy atom. The molecule has 2 N–H and O–H groups in total. The van der Waals surface area contributed by atoms with Gasteiger partial charge in [0.25, 0.3) is 11.8 Å². The van der Waals surface area contributed by atoms with Gasteiger partial charge in [-0.1, -0.05) is 24.3 Å². The molecule has 0 atom stereocenters. The van der Waals surface area contributed by atoms with E-state index in [-0.39, 0.29) is 11.8 Å². The third-order valence-electron chi connectivity index (χ3n) is 3.18. The van der Waals surface area contributed by atoms with E-state index in [1.807, 2.05) is 31.2 Å². The zero-order valence-corrected chi connectivity index (χ0v) is 13.2. The Balaban J connectivity index is 2.17. The summed E-state index contributed by atoms with van der Waals surface area (Å²) in [4.78, 5) is 24.2. The van der Waals surface area contributed by atoms with Crippen molar-refractivity contribution < 1.29 is 9.59 Å². The molecule has 2 rings (SSSR count). The number of amides is 2. The molecule has 0 radical (unpaired) electrons. The van der Waals surface area contributed by atoms with Gasteiger partial charge in [0.05, 0.1) is 0 Å². The molecule has 0 saturated carbocycles. The average Bonchev–Trinajstić information content (AvgIpc) is 2.55. The van der Waals surface area contributed by atoms with Gasteiger partial charge in [-0.2, -0.15) is 12.6 Å². The number of carbonyl (C=O) groups is 2. The molecule has 2 amide bonds. The topological polar surface area (TPSA) is 58.2 Å². The minimum atomic E-state index is -0.198. The number of hydrogen-bond acceptors (Lipinski definition) is 3. The summed E-state index contributed by atoms with van der Waals surface area (Å²) in [5.74, 6) is 0.204. The quantitative estimate of drug-likeness (QED) is 0.743. The molecular formula is C17H18N2O2S. The van der Waals surface area contributed by atoms with Gasteiger partial charge in [0.1, 0.15) is 0 Å². The second kappa shape index (κ2) is 7.66. The highest BCUT2D eigenvalue weighted by molar-refractivity contribution is 7.80. The minimum Gasteiger partial charge on any atom is -0.351 e. The number of anilines is 1. The Bertz CT molecular complexity index is 672. The first-order valence-electron chi connectivity index (χ1n) is 6.98. The van der Waals surface area contributed by atoms with E-state index in [1.54, 1.807) is 24.3 Å². The van der Waals surface area contributed by atoms with E-state index in [0.717, 1.165) is 5.56 Å². The third-order valence-corrected chi connectivity index (χ3v) is 3.40. The van der Waals surface area contributed by atoms with Crippen LogP contribution in [0.1, 0.15) is 26.3 Å². The van der Waals surface area contributed by atoms with E-state index >= 15 is 0 Å². The number of nitrogens with one attached hydrogen (secondary N) is 2. The van der Waals surface area contributed by atoms with Crippen LogP contribution in [0.3, 0.4) is 0 Å². The fourth-order valence-electron chi connectivity index (χ4n) is 1.95. The van der Waals surface area contributed by atoms with Gasteiger partial charge in [-0.05, 0) is 36.8 Å². The predicted octanol–water partition coefficient (Wildman–Crippen LogP) is 2.91. The van der Waals surface area contributed by atoms with E-state index in [1.165, 1.54) is 0 Å². The van der Waals surface area contributed by atoms with E-state index in [2.05, 4.69) is 23.3 Å². The van der Waals surface area contributed by atoms with Crippen molar-refractivity contribution in [2.45, 2.75) is 6.92 Å². The molecule has 114 valence electrons. The minimum absolute atomic E-state index is 0.177. The first-order chi connectivity index (χ1) is 10.6. The highest BCUT2D eigenvalue weighted by Crippen LogP contribution is 2.18. The lowest BCUT2D eigenvalue weighted by Crippen LogP contribution is -2.25. The molecule has 0 heterocycles. The molecular weight excluding hydrogens is 296 g/mol. The Labute approximate surface area is 135 Å². The molecule has 5 heteroatoms. The maximum Gasteiger partial charge on any atom is 0.255 e. The van der Waals surface area contributed by atoms with Crippen LogP contribution < -0.4 is 10.6 Å². The van der Waals surface area contributed by atoms with Crippen LogP contribution in [0.15, 0.2) is 48.5 Å². The van der Waals surface area contributed by atoms with Crippen molar-refractivity contribution in [1.29, 1.82) is 0 Å². The van der Waals surface area contributed by atoms with Crippen molar-refractivity contribution in [1.82, 2.24) is 5.32 Å². The molecule has 4 nitrogen and oxygen atoms in total. The molecule has 0 aliphatic carbocycles. The third kappa shape index (κ3) is 4.11. The SMILES string of the molecule is Cc1ccc(C(=O)NCCS)cc1NC(=O)c1ccccc1. The average molecular weight is 314 g/mol. The summed E-state index contributed by atoms with van der Waals surface area (Å²) in [6.07, 6.45) is 0. The van der Waals surface area contributed by atoms with Gasteiger partial charge in [0.15, 0.2) is 0 Å². The Kier molecular flexibility index (Phi) is 5.61. The van der Waals surface area contributed by atoms with Gasteiger partial charge in [-0.3, -0.25) is 9.59 Å². The Hall–Kier alpha value is -2.27. The molecule has 0 unspecified atom stereocenters. The number of hydrogen-bond donors (Lipinski definition) is 3. The van der Waals surface area contributed by atoms with Crippen LogP contribution in [0.25, 0.3) is 0 Å². The summed E-state index contributed by atoms with van der Waals surface area (Å²) >= 11 is 4.06. The Morgan fingerprint density at radius 1 is 1.00 bits per heavy atom. The van der Waals surface area contributed by atoms with Crippen molar-refractivity contribution in [3.8, 4) is 0 Å². The second-order valence-corrected chi connectivity index (χ2v) is 5.28. The largest absolute Gasteiger partial charge is 0.351 e. The van der Waals surface area contributed by atoms with Crippen LogP contribution in [0, 0.1) is 6.92 Å². The summed E-state index contributed by atoms with van der Waals surface area (Å²) < 4.78 is 0. The second-order valence-electron chi connectivity index (χ2n) is 4.83. The summed E-state index contributed by atoms with van der Waals surface area (Å²) in [7, 11) is 0. The van der Waals surface area contributed by atoms with E-state index in [0.29, 0.717) is 29.1 Å². The van der Waals surface area contributed by atoms with Crippen molar-refractivity contribution in [3.05, 3.63) is 65.2 Å². The number of aryl methyl sites for hydroxylation is 1. The molecule has 0 bridgehead atoms. The van der Waals surface area contributed by atoms with Gasteiger partial charge >= 0.3 is 0 Å². The summed E-state index contributed by atoms with van der Waals surface area (Å²) in [6, 6.07) is 14.2. The first kappa shape index (κ1) is 16.1. The number of rotatable bonds is 5. The standard InChI is InChI=1S/C17H18N2O2S/c1-12-7-8-14(16(20)18-9-10-22)11-15(12)19-17(21)13-5-3-2-4-6-13/h2-8,11,22H,9-10H2,1H3,(H,18,20)(H,19,21). The Morgan fingerprint density at radius 3 is 2.41 bits per heavy atom. The first-order valence-corrected chi connectivity index (χ1v) is 7.61. The van der Waals surface area contributed by atoms with Crippen LogP contribution in [-0.2, 0) is 0 Å². The molecule has 0 fully saturated rings. The molecule has 2 aromatic rings. The summed E-state index contributed by atoms with van der Waals surface area (Å²) in [5.41, 5.74) is 2.62. The molecule has 0 spiro atoms. The number of carbonyl (C=O) groups excluding carboxylic acids is 2. The highest BCUT2D eigenvalue weighted by Gasteiger charge is 2.11. The summed E-state index contributed by atoms with van der Waals surface area (Å²) in [6.45, 7) is 2.39. The number of benzene rings is 2. The molecule has 2 aromatic carbocycles. The van der Waals surface area contributed by atoms with Crippen molar-refractivity contribution in [2.24, 2.45) is 0 Å². The maximum absolute atomic E-state index is 12.2. The predicted molar refractivity (Wildman–Crippen MR) is 91.8 cm³/mol. The normalized spacial score (nSPS) is 10.1. The number of thiol groups is 1. The lowest BCUT2D eigenvalue weighted by Gasteiger charge is -2.11. The van der Waals surface area contributed by atoms with Gasteiger partial charge in [-0.15, -0.1) is 0 Å². The monoisotopic (exact) mass is 314 g/mol. The lowest BCUT2D eigenvalue weighted by atomic mass is 10.1. The molecule has 0 saturated heterocycles. The van der Waals surface area contributed by atoms with Gasteiger partial charge in [0, 0.05) is 29.1 Å². The van der Waals surface area contributed by atoms with E-state index in [9.17, 15) is 9.59 Å². The van der Waals surface area contributed by atoms with Crippen molar-refractivity contribution >= 4 is 30.1 Å². The smallest absolute Gasteiger partial charge is 0.255 e. The van der Waals surface area contributed by atoms with Gasteiger partial charge in [-0.25, -0.2) is 0 Å².